The van der Waals surface area contributed by atoms with Gasteiger partial charge in [0.15, 0.2) is 0 Å². The molecular weight excluding hydrogens is 464 g/mol. The number of nitrogens with one attached hydrogen (secondary N) is 1. The minimum atomic E-state index is -0.128. The number of hydrogen-bond acceptors (Lipinski definition) is 6. The molecule has 0 bridgehead atoms. The van der Waals surface area contributed by atoms with Crippen LogP contribution in [0.1, 0.15) is 53.6 Å². The summed E-state index contributed by atoms with van der Waals surface area (Å²) in [4.78, 5) is 30.6. The van der Waals surface area contributed by atoms with Crippen LogP contribution in [-0.2, 0) is 15.0 Å². The second-order valence-electron chi connectivity index (χ2n) is 9.57. The maximum absolute atomic E-state index is 12.8. The van der Waals surface area contributed by atoms with Crippen molar-refractivity contribution >= 4 is 51.6 Å². The van der Waals surface area contributed by atoms with E-state index in [0.29, 0.717) is 36.7 Å². The van der Waals surface area contributed by atoms with Crippen molar-refractivity contribution in [3.05, 3.63) is 49.5 Å². The summed E-state index contributed by atoms with van der Waals surface area (Å²) in [5.74, 6) is -0.0521. The van der Waals surface area contributed by atoms with Crippen molar-refractivity contribution in [1.82, 2.24) is 9.80 Å². The van der Waals surface area contributed by atoms with E-state index in [0.717, 1.165) is 16.9 Å². The third-order valence-electron chi connectivity index (χ3n) is 6.44. The van der Waals surface area contributed by atoms with Crippen molar-refractivity contribution in [2.45, 2.75) is 39.5 Å². The molecule has 2 aliphatic rings. The predicted octanol–water partition coefficient (Wildman–Crippen LogP) is 4.87. The number of anilines is 1. The Morgan fingerprint density at radius 1 is 1.24 bits per heavy atom. The maximum Gasteiger partial charge on any atom is 0.239 e. The Morgan fingerprint density at radius 3 is 2.59 bits per heavy atom. The van der Waals surface area contributed by atoms with Crippen LogP contribution < -0.4 is 5.32 Å². The molecule has 1 saturated heterocycles. The number of piperazine rings is 1. The number of hydrogen-bond donors (Lipinski definition) is 1. The Bertz CT molecular complexity index is 1200. The molecule has 34 heavy (non-hydrogen) atoms. The Balaban J connectivity index is 1.51. The minimum Gasteiger partial charge on any atom is -0.340 e. The van der Waals surface area contributed by atoms with E-state index in [1.54, 1.807) is 23.2 Å². The van der Waals surface area contributed by atoms with Crippen LogP contribution in [0, 0.1) is 18.3 Å². The molecule has 6 nitrogen and oxygen atoms in total. The van der Waals surface area contributed by atoms with E-state index in [1.165, 1.54) is 27.4 Å². The Hall–Kier alpha value is -2.73. The van der Waals surface area contributed by atoms with Gasteiger partial charge in [-0.2, -0.15) is 5.26 Å². The highest BCUT2D eigenvalue weighted by Gasteiger charge is 2.33. The first kappa shape index (κ1) is 24.4. The van der Waals surface area contributed by atoms with Gasteiger partial charge >= 0.3 is 0 Å². The van der Waals surface area contributed by atoms with Crippen molar-refractivity contribution in [3.8, 4) is 6.07 Å². The first-order valence-electron chi connectivity index (χ1n) is 11.5. The van der Waals surface area contributed by atoms with Gasteiger partial charge in [0, 0.05) is 53.8 Å². The van der Waals surface area contributed by atoms with Crippen LogP contribution >= 0.6 is 22.7 Å². The normalized spacial score (nSPS) is 17.9. The number of carbonyl (C=O) groups is 2. The number of nitrogens with zero attached hydrogens (tertiary/aromatic N) is 3. The van der Waals surface area contributed by atoms with Crippen LogP contribution in [-0.4, -0.2) is 54.3 Å². The standard InChI is InChI=1S/C26H30N4O2S2/c1-17-7-12-33-22(17)6-5-19-13-20-21(15-27)25(34-24(20)26(3,4)14-19)28-23(32)16-29-8-10-30(11-9-29)18(2)31/h5-7,12-13H,8-11,14,16H2,1-4H3,(H,28,32)/b6-5+. The summed E-state index contributed by atoms with van der Waals surface area (Å²) in [7, 11) is 0. The quantitative estimate of drug-likeness (QED) is 0.643. The fourth-order valence-corrected chi connectivity index (χ4v) is 6.61. The SMILES string of the molecule is CC(=O)N1CCN(CC(=O)Nc2sc3c(c2C#N)C=C(/C=C/c2sccc2C)CC3(C)C)CC1. The summed E-state index contributed by atoms with van der Waals surface area (Å²) in [6.45, 7) is 11.0. The van der Waals surface area contributed by atoms with Crippen molar-refractivity contribution < 1.29 is 9.59 Å². The molecule has 0 unspecified atom stereocenters. The predicted molar refractivity (Wildman–Crippen MR) is 140 cm³/mol. The molecule has 1 aliphatic heterocycles. The summed E-state index contributed by atoms with van der Waals surface area (Å²) in [6.07, 6.45) is 7.28. The summed E-state index contributed by atoms with van der Waals surface area (Å²) in [5.41, 5.74) is 3.79. The molecule has 4 rings (SSSR count). The summed E-state index contributed by atoms with van der Waals surface area (Å²) >= 11 is 3.24. The van der Waals surface area contributed by atoms with Gasteiger partial charge in [-0.1, -0.05) is 19.9 Å². The van der Waals surface area contributed by atoms with Gasteiger partial charge in [-0.15, -0.1) is 22.7 Å². The number of allylic oxidation sites excluding steroid dienone is 2. The molecule has 0 aromatic carbocycles. The lowest BCUT2D eigenvalue weighted by atomic mass is 9.77. The highest BCUT2D eigenvalue weighted by atomic mass is 32.1. The second kappa shape index (κ2) is 9.87. The average molecular weight is 495 g/mol. The molecule has 0 atom stereocenters. The van der Waals surface area contributed by atoms with Gasteiger partial charge in [-0.3, -0.25) is 14.5 Å². The van der Waals surface area contributed by atoms with Gasteiger partial charge in [0.05, 0.1) is 12.1 Å². The molecule has 8 heteroatoms. The van der Waals surface area contributed by atoms with Gasteiger partial charge in [-0.25, -0.2) is 0 Å². The van der Waals surface area contributed by atoms with E-state index in [-0.39, 0.29) is 23.8 Å². The molecule has 1 fully saturated rings. The number of amides is 2. The Labute approximate surface area is 209 Å². The van der Waals surface area contributed by atoms with E-state index in [4.69, 9.17) is 0 Å². The Kier molecular flexibility index (Phi) is 7.08. The molecule has 178 valence electrons. The smallest absolute Gasteiger partial charge is 0.239 e. The lowest BCUT2D eigenvalue weighted by Crippen LogP contribution is -2.49. The monoisotopic (exact) mass is 494 g/mol. The number of aryl methyl sites for hydroxylation is 1. The van der Waals surface area contributed by atoms with Gasteiger partial charge < -0.3 is 10.2 Å². The summed E-state index contributed by atoms with van der Waals surface area (Å²) in [6, 6.07) is 4.46. The molecule has 0 radical (unpaired) electrons. The van der Waals surface area contributed by atoms with E-state index < -0.39 is 0 Å². The fourth-order valence-electron chi connectivity index (χ4n) is 4.55. The first-order chi connectivity index (χ1) is 16.2. The highest BCUT2D eigenvalue weighted by molar-refractivity contribution is 7.17. The van der Waals surface area contributed by atoms with Gasteiger partial charge in [0.1, 0.15) is 11.1 Å². The van der Waals surface area contributed by atoms with Gasteiger partial charge in [0.2, 0.25) is 11.8 Å². The van der Waals surface area contributed by atoms with Crippen LogP contribution in [0.3, 0.4) is 0 Å². The molecule has 2 aromatic rings. The second-order valence-corrected chi connectivity index (χ2v) is 11.5. The molecular formula is C26H30N4O2S2. The lowest BCUT2D eigenvalue weighted by molar-refractivity contribution is -0.130. The number of carbonyl (C=O) groups excluding carboxylic acids is 2. The van der Waals surface area contributed by atoms with E-state index in [9.17, 15) is 14.9 Å². The minimum absolute atomic E-state index is 0.0716. The Morgan fingerprint density at radius 2 is 1.97 bits per heavy atom. The first-order valence-corrected chi connectivity index (χ1v) is 13.2. The van der Waals surface area contributed by atoms with Crippen molar-refractivity contribution in [1.29, 1.82) is 5.26 Å². The van der Waals surface area contributed by atoms with Gasteiger partial charge in [-0.05, 0) is 48.1 Å². The summed E-state index contributed by atoms with van der Waals surface area (Å²) in [5, 5.41) is 15.7. The molecule has 2 aromatic heterocycles. The van der Waals surface area contributed by atoms with E-state index in [1.807, 2.05) is 4.90 Å². The van der Waals surface area contributed by atoms with Crippen molar-refractivity contribution in [2.24, 2.45) is 0 Å². The zero-order valence-corrected chi connectivity index (χ0v) is 21.7. The van der Waals surface area contributed by atoms with Crippen LogP contribution in [0.25, 0.3) is 12.2 Å². The topological polar surface area (TPSA) is 76.4 Å². The number of nitriles is 1. The van der Waals surface area contributed by atoms with Gasteiger partial charge in [0.25, 0.3) is 0 Å². The molecule has 3 heterocycles. The average Bonchev–Trinajstić information content (AvgIpc) is 3.35. The molecule has 0 spiro atoms. The van der Waals surface area contributed by atoms with Crippen molar-refractivity contribution in [3.63, 3.8) is 0 Å². The zero-order chi connectivity index (χ0) is 24.5. The van der Waals surface area contributed by atoms with E-state index >= 15 is 0 Å². The van der Waals surface area contributed by atoms with Crippen LogP contribution in [0.15, 0.2) is 23.1 Å². The molecule has 1 N–H and O–H groups in total. The number of rotatable bonds is 5. The molecule has 2 amide bonds. The number of fused-ring (bicyclic) bond motifs is 1. The van der Waals surface area contributed by atoms with Crippen LogP contribution in [0.5, 0.6) is 0 Å². The number of thiophene rings is 2. The van der Waals surface area contributed by atoms with Crippen LogP contribution in [0.2, 0.25) is 0 Å². The maximum atomic E-state index is 12.8. The van der Waals surface area contributed by atoms with Crippen LogP contribution in [0.4, 0.5) is 5.00 Å². The molecule has 1 aliphatic carbocycles. The lowest BCUT2D eigenvalue weighted by Gasteiger charge is -2.33. The third-order valence-corrected chi connectivity index (χ3v) is 8.91. The summed E-state index contributed by atoms with van der Waals surface area (Å²) < 4.78 is 0. The zero-order valence-electron chi connectivity index (χ0n) is 20.1. The molecule has 0 saturated carbocycles. The van der Waals surface area contributed by atoms with Crippen molar-refractivity contribution in [2.75, 3.05) is 38.0 Å². The third kappa shape index (κ3) is 5.17. The highest BCUT2D eigenvalue weighted by Crippen LogP contribution is 2.47. The van der Waals surface area contributed by atoms with E-state index in [2.05, 4.69) is 61.8 Å². The fraction of sp³-hybridized carbons (Fsp3) is 0.423. The largest absolute Gasteiger partial charge is 0.340 e.